The standard InChI is InChI=1S/C17H16N2S/c1-2-20-17-15(11-18)14(12-6-4-3-5-7-12)10-16(19-17)13-8-9-13/h3-7,10,13H,2,8-9H2,1H3. The molecule has 0 unspecified atom stereocenters. The molecule has 1 aliphatic carbocycles. The molecule has 2 nitrogen and oxygen atoms in total. The predicted octanol–water partition coefficient (Wildman–Crippen LogP) is 4.61. The highest BCUT2D eigenvalue weighted by molar-refractivity contribution is 7.99. The van der Waals surface area contributed by atoms with Crippen molar-refractivity contribution in [2.75, 3.05) is 5.75 Å². The summed E-state index contributed by atoms with van der Waals surface area (Å²) >= 11 is 1.66. The van der Waals surface area contributed by atoms with E-state index < -0.39 is 0 Å². The molecule has 0 N–H and O–H groups in total. The van der Waals surface area contributed by atoms with Gasteiger partial charge in [-0.2, -0.15) is 5.26 Å². The van der Waals surface area contributed by atoms with E-state index in [0.717, 1.165) is 27.6 Å². The van der Waals surface area contributed by atoms with E-state index >= 15 is 0 Å². The molecule has 1 fully saturated rings. The molecule has 0 aliphatic heterocycles. The monoisotopic (exact) mass is 280 g/mol. The third-order valence-electron chi connectivity index (χ3n) is 3.48. The van der Waals surface area contributed by atoms with E-state index in [2.05, 4.69) is 31.2 Å². The van der Waals surface area contributed by atoms with Gasteiger partial charge in [0.15, 0.2) is 0 Å². The molecule has 0 bridgehead atoms. The van der Waals surface area contributed by atoms with Crippen LogP contribution in [0.5, 0.6) is 0 Å². The molecule has 2 aromatic rings. The Bertz CT molecular complexity index is 655. The van der Waals surface area contributed by atoms with Crippen LogP contribution < -0.4 is 0 Å². The predicted molar refractivity (Wildman–Crippen MR) is 82.8 cm³/mol. The van der Waals surface area contributed by atoms with Crippen LogP contribution in [-0.4, -0.2) is 10.7 Å². The topological polar surface area (TPSA) is 36.7 Å². The number of nitrogens with zero attached hydrogens (tertiary/aromatic N) is 2. The van der Waals surface area contributed by atoms with Crippen molar-refractivity contribution in [1.29, 1.82) is 5.26 Å². The van der Waals surface area contributed by atoms with Gasteiger partial charge in [0, 0.05) is 17.2 Å². The minimum absolute atomic E-state index is 0.599. The molecule has 3 heteroatoms. The van der Waals surface area contributed by atoms with Gasteiger partial charge in [-0.25, -0.2) is 4.98 Å². The van der Waals surface area contributed by atoms with Crippen LogP contribution in [0.1, 0.15) is 36.9 Å². The number of hydrogen-bond donors (Lipinski definition) is 0. The number of pyridine rings is 1. The first-order valence-corrected chi connectivity index (χ1v) is 7.95. The van der Waals surface area contributed by atoms with Crippen molar-refractivity contribution in [2.45, 2.75) is 30.7 Å². The van der Waals surface area contributed by atoms with Crippen LogP contribution in [0.25, 0.3) is 11.1 Å². The smallest absolute Gasteiger partial charge is 0.115 e. The number of rotatable bonds is 4. The van der Waals surface area contributed by atoms with Gasteiger partial charge >= 0.3 is 0 Å². The summed E-state index contributed by atoms with van der Waals surface area (Å²) in [4.78, 5) is 4.72. The summed E-state index contributed by atoms with van der Waals surface area (Å²) in [5.74, 6) is 1.53. The summed E-state index contributed by atoms with van der Waals surface area (Å²) in [6.07, 6.45) is 2.45. The molecule has 20 heavy (non-hydrogen) atoms. The van der Waals surface area contributed by atoms with Crippen molar-refractivity contribution < 1.29 is 0 Å². The van der Waals surface area contributed by atoms with Crippen LogP contribution >= 0.6 is 11.8 Å². The molecule has 0 saturated heterocycles. The highest BCUT2D eigenvalue weighted by Gasteiger charge is 2.27. The summed E-state index contributed by atoms with van der Waals surface area (Å²) < 4.78 is 0. The zero-order valence-electron chi connectivity index (χ0n) is 11.5. The number of thioether (sulfide) groups is 1. The van der Waals surface area contributed by atoms with Crippen molar-refractivity contribution in [3.05, 3.63) is 47.7 Å². The van der Waals surface area contributed by atoms with Crippen LogP contribution in [0.15, 0.2) is 41.4 Å². The van der Waals surface area contributed by atoms with E-state index in [0.29, 0.717) is 11.5 Å². The summed E-state index contributed by atoms with van der Waals surface area (Å²) in [6, 6.07) is 14.6. The summed E-state index contributed by atoms with van der Waals surface area (Å²) in [7, 11) is 0. The molecule has 1 aromatic carbocycles. The van der Waals surface area contributed by atoms with Gasteiger partial charge in [0.1, 0.15) is 11.1 Å². The molecule has 0 radical (unpaired) electrons. The van der Waals surface area contributed by atoms with Crippen LogP contribution in [0.3, 0.4) is 0 Å². The third kappa shape index (κ3) is 2.57. The van der Waals surface area contributed by atoms with Gasteiger partial charge in [-0.1, -0.05) is 37.3 Å². The lowest BCUT2D eigenvalue weighted by molar-refractivity contribution is 0.956. The van der Waals surface area contributed by atoms with Gasteiger partial charge < -0.3 is 0 Å². The van der Waals surface area contributed by atoms with Gasteiger partial charge in [-0.05, 0) is 30.2 Å². The molecule has 1 aromatic heterocycles. The second-order valence-corrected chi connectivity index (χ2v) is 6.21. The lowest BCUT2D eigenvalue weighted by Crippen LogP contribution is -1.97. The average molecular weight is 280 g/mol. The van der Waals surface area contributed by atoms with Crippen LogP contribution in [0.2, 0.25) is 0 Å². The van der Waals surface area contributed by atoms with Crippen molar-refractivity contribution in [3.63, 3.8) is 0 Å². The average Bonchev–Trinajstić information content (AvgIpc) is 3.32. The Kier molecular flexibility index (Phi) is 3.75. The van der Waals surface area contributed by atoms with Crippen LogP contribution in [0.4, 0.5) is 0 Å². The number of benzene rings is 1. The van der Waals surface area contributed by atoms with Crippen LogP contribution in [-0.2, 0) is 0 Å². The molecule has 100 valence electrons. The third-order valence-corrected chi connectivity index (χ3v) is 4.34. The van der Waals surface area contributed by atoms with Crippen molar-refractivity contribution >= 4 is 11.8 Å². The molecular formula is C17H16N2S. The fourth-order valence-corrected chi connectivity index (χ4v) is 3.07. The van der Waals surface area contributed by atoms with Gasteiger partial charge in [0.2, 0.25) is 0 Å². The maximum atomic E-state index is 9.53. The summed E-state index contributed by atoms with van der Waals surface area (Å²) in [6.45, 7) is 2.10. The highest BCUT2D eigenvalue weighted by Crippen LogP contribution is 2.42. The first-order chi connectivity index (χ1) is 9.83. The Balaban J connectivity index is 2.17. The molecule has 1 saturated carbocycles. The first kappa shape index (κ1) is 13.2. The van der Waals surface area contributed by atoms with Crippen molar-refractivity contribution in [2.24, 2.45) is 0 Å². The minimum atomic E-state index is 0.599. The van der Waals surface area contributed by atoms with Crippen molar-refractivity contribution in [1.82, 2.24) is 4.98 Å². The van der Waals surface area contributed by atoms with E-state index in [-0.39, 0.29) is 0 Å². The highest BCUT2D eigenvalue weighted by atomic mass is 32.2. The van der Waals surface area contributed by atoms with Crippen molar-refractivity contribution in [3.8, 4) is 17.2 Å². The lowest BCUT2D eigenvalue weighted by atomic mass is 10.0. The Morgan fingerprint density at radius 2 is 2.05 bits per heavy atom. The van der Waals surface area contributed by atoms with E-state index in [9.17, 15) is 5.26 Å². The summed E-state index contributed by atoms with van der Waals surface area (Å²) in [5, 5.41) is 10.4. The van der Waals surface area contributed by atoms with E-state index in [1.807, 2.05) is 18.2 Å². The second-order valence-electron chi connectivity index (χ2n) is 4.96. The van der Waals surface area contributed by atoms with Gasteiger partial charge in [-0.15, -0.1) is 11.8 Å². The molecule has 3 rings (SSSR count). The van der Waals surface area contributed by atoms with E-state index in [4.69, 9.17) is 4.98 Å². The number of aromatic nitrogens is 1. The largest absolute Gasteiger partial charge is 0.245 e. The molecule has 0 atom stereocenters. The Hall–Kier alpha value is -1.79. The van der Waals surface area contributed by atoms with E-state index in [1.165, 1.54) is 12.8 Å². The first-order valence-electron chi connectivity index (χ1n) is 6.96. The number of hydrogen-bond acceptors (Lipinski definition) is 3. The molecule has 1 aliphatic rings. The molecule has 1 heterocycles. The molecule has 0 amide bonds. The lowest BCUT2D eigenvalue weighted by Gasteiger charge is -2.11. The zero-order chi connectivity index (χ0) is 13.9. The molecule has 0 spiro atoms. The van der Waals surface area contributed by atoms with Crippen LogP contribution in [0, 0.1) is 11.3 Å². The number of nitriles is 1. The van der Waals surface area contributed by atoms with Gasteiger partial charge in [-0.3, -0.25) is 0 Å². The zero-order valence-corrected chi connectivity index (χ0v) is 12.3. The van der Waals surface area contributed by atoms with E-state index in [1.54, 1.807) is 11.8 Å². The van der Waals surface area contributed by atoms with Gasteiger partial charge in [0.25, 0.3) is 0 Å². The quantitative estimate of drug-likeness (QED) is 0.767. The minimum Gasteiger partial charge on any atom is -0.245 e. The second kappa shape index (κ2) is 5.68. The maximum Gasteiger partial charge on any atom is 0.115 e. The summed E-state index contributed by atoms with van der Waals surface area (Å²) in [5.41, 5.74) is 4.00. The fraction of sp³-hybridized carbons (Fsp3) is 0.294. The maximum absolute atomic E-state index is 9.53. The Labute approximate surface area is 123 Å². The fourth-order valence-electron chi connectivity index (χ4n) is 2.32. The molecular weight excluding hydrogens is 264 g/mol. The van der Waals surface area contributed by atoms with Gasteiger partial charge in [0.05, 0.1) is 5.56 Å². The normalized spacial score (nSPS) is 14.0. The Morgan fingerprint density at radius 1 is 1.30 bits per heavy atom. The Morgan fingerprint density at radius 3 is 2.65 bits per heavy atom. The SMILES string of the molecule is CCSc1nc(C2CC2)cc(-c2ccccc2)c1C#N.